The Hall–Kier alpha value is -8.78. The van der Waals surface area contributed by atoms with Crippen LogP contribution in [0, 0.1) is 50.4 Å². The lowest BCUT2D eigenvalue weighted by Gasteiger charge is -2.46. The quantitative estimate of drug-likeness (QED) is 0.167. The van der Waals surface area contributed by atoms with E-state index in [0.717, 1.165) is 74.5 Å². The van der Waals surface area contributed by atoms with E-state index >= 15 is 0 Å². The molecule has 0 amide bonds. The minimum atomic E-state index is -0.627. The Morgan fingerprint density at radius 2 is 0.724 bits per heavy atom. The van der Waals surface area contributed by atoms with Crippen molar-refractivity contribution < 1.29 is 0 Å². The number of fused-ring (bicyclic) bond motifs is 15. The van der Waals surface area contributed by atoms with Crippen molar-refractivity contribution in [3.8, 4) is 23.3 Å². The van der Waals surface area contributed by atoms with Gasteiger partial charge in [0, 0.05) is 49.7 Å². The minimum absolute atomic E-state index is 0.246. The van der Waals surface area contributed by atoms with Crippen LogP contribution in [0.25, 0.3) is 51.5 Å². The molecule has 76 heavy (non-hydrogen) atoms. The van der Waals surface area contributed by atoms with Crippen molar-refractivity contribution in [2.24, 2.45) is 0 Å². The zero-order chi connectivity index (χ0) is 51.8. The number of hydrogen-bond acceptors (Lipinski definition) is 6. The van der Waals surface area contributed by atoms with Gasteiger partial charge >= 0.3 is 0 Å². The highest BCUT2D eigenvalue weighted by Gasteiger charge is 2.53. The van der Waals surface area contributed by atoms with Crippen LogP contribution in [0.2, 0.25) is 0 Å². The standard InChI is InChI=1S/C70H50N4S2/c1-41-31-42(2)34-49(33-41)73(63-25-13-19-53-51-17-11-15-45(39-71)65(51)75-67(53)63)47-27-29-57-55(37-47)56-38-48(28-30-58(56)70(57)61-23-9-7-21-59(61)69(5,6)60-22-8-10-24-62(60)70)74(50-35-43(3)32-44(4)36-50)64-26-14-20-54-52-18-12-16-46(40-72)66(52)76-68(54)64/h7-38H,1-6H3. The van der Waals surface area contributed by atoms with Gasteiger partial charge in [-0.3, -0.25) is 0 Å². The number of nitriles is 2. The second-order valence-electron chi connectivity index (χ2n) is 21.4. The third-order valence-corrected chi connectivity index (χ3v) is 18.8. The second kappa shape index (κ2) is 16.9. The fourth-order valence-corrected chi connectivity index (χ4v) is 15.9. The topological polar surface area (TPSA) is 54.1 Å². The molecule has 0 aliphatic heterocycles. The van der Waals surface area contributed by atoms with Crippen molar-refractivity contribution in [3.05, 3.63) is 261 Å². The third kappa shape index (κ3) is 6.51. The molecule has 0 atom stereocenters. The number of hydrogen-bond donors (Lipinski definition) is 0. The Kier molecular flexibility index (Phi) is 10.2. The van der Waals surface area contributed by atoms with Gasteiger partial charge < -0.3 is 9.80 Å². The van der Waals surface area contributed by atoms with Crippen molar-refractivity contribution in [2.45, 2.75) is 52.4 Å². The molecule has 2 aromatic heterocycles. The van der Waals surface area contributed by atoms with Gasteiger partial charge in [-0.2, -0.15) is 10.5 Å². The normalized spacial score (nSPS) is 13.6. The van der Waals surface area contributed by atoms with Gasteiger partial charge in [-0.05, 0) is 167 Å². The van der Waals surface area contributed by atoms with Crippen molar-refractivity contribution in [1.29, 1.82) is 10.5 Å². The van der Waals surface area contributed by atoms with Crippen LogP contribution in [0.4, 0.5) is 34.1 Å². The molecular weight excluding hydrogens is 961 g/mol. The van der Waals surface area contributed by atoms with Gasteiger partial charge in [0.25, 0.3) is 0 Å². The SMILES string of the molecule is Cc1cc(C)cc(N(c2ccc3c(c2)-c2cc(N(c4cc(C)cc(C)c4)c4cccc5c4sc4c(C#N)cccc45)ccc2C32c3ccccc3C(C)(C)c3ccccc32)c2cccc3c2sc2c(C#N)cccc23)c1. The second-order valence-corrected chi connectivity index (χ2v) is 23.4. The summed E-state index contributed by atoms with van der Waals surface area (Å²) in [5.74, 6) is 0. The molecule has 14 rings (SSSR count). The predicted molar refractivity (Wildman–Crippen MR) is 319 cm³/mol. The Bertz CT molecular complexity index is 4230. The van der Waals surface area contributed by atoms with E-state index in [1.54, 1.807) is 22.7 Å². The molecule has 0 unspecified atom stereocenters. The maximum absolute atomic E-state index is 10.3. The van der Waals surface area contributed by atoms with Crippen LogP contribution < -0.4 is 9.80 Å². The average molecular weight is 1010 g/mol. The van der Waals surface area contributed by atoms with Crippen LogP contribution in [0.3, 0.4) is 0 Å². The summed E-state index contributed by atoms with van der Waals surface area (Å²) in [6.45, 7) is 13.5. The maximum atomic E-state index is 10.3. The summed E-state index contributed by atoms with van der Waals surface area (Å²) in [7, 11) is 0. The van der Waals surface area contributed by atoms with Crippen molar-refractivity contribution >= 4 is 97.1 Å². The number of aryl methyl sites for hydroxylation is 4. The van der Waals surface area contributed by atoms with E-state index < -0.39 is 5.41 Å². The highest BCUT2D eigenvalue weighted by molar-refractivity contribution is 7.27. The number of rotatable bonds is 6. The van der Waals surface area contributed by atoms with E-state index in [-0.39, 0.29) is 5.41 Å². The smallest absolute Gasteiger partial charge is 0.101 e. The third-order valence-electron chi connectivity index (χ3n) is 16.3. The average Bonchev–Trinajstić information content (AvgIpc) is 4.29. The molecule has 2 aliphatic rings. The van der Waals surface area contributed by atoms with Crippen LogP contribution in [-0.2, 0) is 10.8 Å². The minimum Gasteiger partial charge on any atom is -0.309 e. The largest absolute Gasteiger partial charge is 0.309 e. The Labute approximate surface area is 451 Å². The number of thiophene rings is 2. The first-order chi connectivity index (χ1) is 37.0. The Morgan fingerprint density at radius 3 is 1.12 bits per heavy atom. The maximum Gasteiger partial charge on any atom is 0.101 e. The van der Waals surface area contributed by atoms with E-state index in [9.17, 15) is 10.5 Å². The summed E-state index contributed by atoms with van der Waals surface area (Å²) >= 11 is 3.41. The first kappa shape index (κ1) is 45.8. The van der Waals surface area contributed by atoms with Gasteiger partial charge in [-0.15, -0.1) is 22.7 Å². The summed E-state index contributed by atoms with van der Waals surface area (Å²) in [5, 5.41) is 25.1. The van der Waals surface area contributed by atoms with Gasteiger partial charge in [-0.25, -0.2) is 0 Å². The monoisotopic (exact) mass is 1010 g/mol. The molecule has 12 aromatic rings. The van der Waals surface area contributed by atoms with Crippen LogP contribution in [0.1, 0.15) is 80.6 Å². The molecule has 362 valence electrons. The first-order valence-corrected chi connectivity index (χ1v) is 27.6. The highest BCUT2D eigenvalue weighted by atomic mass is 32.1. The van der Waals surface area contributed by atoms with E-state index in [2.05, 4.69) is 233 Å². The fourth-order valence-electron chi connectivity index (χ4n) is 13.3. The Balaban J connectivity index is 1.08. The lowest BCUT2D eigenvalue weighted by molar-refractivity contribution is 0.563. The molecule has 4 nitrogen and oxygen atoms in total. The highest BCUT2D eigenvalue weighted by Crippen LogP contribution is 2.64. The molecule has 6 heteroatoms. The van der Waals surface area contributed by atoms with E-state index in [4.69, 9.17) is 0 Å². The van der Waals surface area contributed by atoms with Gasteiger partial charge in [0.15, 0.2) is 0 Å². The summed E-state index contributed by atoms with van der Waals surface area (Å²) in [5.41, 5.74) is 21.8. The van der Waals surface area contributed by atoms with Crippen LogP contribution in [-0.4, -0.2) is 0 Å². The van der Waals surface area contributed by atoms with Crippen molar-refractivity contribution in [2.75, 3.05) is 9.80 Å². The summed E-state index contributed by atoms with van der Waals surface area (Å²) in [6.07, 6.45) is 0. The molecule has 0 fully saturated rings. The number of benzene rings is 10. The van der Waals surface area contributed by atoms with Crippen molar-refractivity contribution in [3.63, 3.8) is 0 Å². The molecule has 0 radical (unpaired) electrons. The van der Waals surface area contributed by atoms with Gasteiger partial charge in [0.2, 0.25) is 0 Å². The lowest BCUT2D eigenvalue weighted by Crippen LogP contribution is -2.40. The zero-order valence-electron chi connectivity index (χ0n) is 43.1. The molecule has 0 saturated carbocycles. The molecule has 10 aromatic carbocycles. The zero-order valence-corrected chi connectivity index (χ0v) is 44.7. The van der Waals surface area contributed by atoms with Crippen LogP contribution in [0.5, 0.6) is 0 Å². The fraction of sp³-hybridized carbons (Fsp3) is 0.114. The van der Waals surface area contributed by atoms with E-state index in [1.807, 2.05) is 24.3 Å². The molecule has 2 aliphatic carbocycles. The molecule has 1 spiro atoms. The van der Waals surface area contributed by atoms with Crippen LogP contribution >= 0.6 is 22.7 Å². The van der Waals surface area contributed by atoms with E-state index in [1.165, 1.54) is 66.8 Å². The summed E-state index contributed by atoms with van der Waals surface area (Å²) < 4.78 is 4.29. The van der Waals surface area contributed by atoms with Crippen LogP contribution in [0.15, 0.2) is 194 Å². The molecule has 0 bridgehead atoms. The summed E-state index contributed by atoms with van der Waals surface area (Å²) in [4.78, 5) is 4.90. The first-order valence-electron chi connectivity index (χ1n) is 25.9. The predicted octanol–water partition coefficient (Wildman–Crippen LogP) is 19.3. The van der Waals surface area contributed by atoms with Gasteiger partial charge in [0.1, 0.15) is 12.1 Å². The van der Waals surface area contributed by atoms with Gasteiger partial charge in [-0.1, -0.05) is 135 Å². The van der Waals surface area contributed by atoms with Crippen molar-refractivity contribution in [1.82, 2.24) is 0 Å². The summed E-state index contributed by atoms with van der Waals surface area (Å²) in [6, 6.07) is 76.8. The molecule has 0 N–H and O–H groups in total. The van der Waals surface area contributed by atoms with E-state index in [0.29, 0.717) is 11.1 Å². The number of anilines is 6. The molecule has 2 heterocycles. The molecular formula is C70H50N4S2. The number of nitrogens with zero attached hydrogens (tertiary/aromatic N) is 4. The van der Waals surface area contributed by atoms with Gasteiger partial charge in [0.05, 0.1) is 46.7 Å². The molecule has 0 saturated heterocycles. The Morgan fingerprint density at radius 1 is 0.355 bits per heavy atom. The lowest BCUT2D eigenvalue weighted by atomic mass is 9.55.